The Hall–Kier alpha value is -2.29. The summed E-state index contributed by atoms with van der Waals surface area (Å²) in [5.41, 5.74) is 0.877. The predicted octanol–water partition coefficient (Wildman–Crippen LogP) is 3.17. The highest BCUT2D eigenvalue weighted by atomic mass is 32.1. The summed E-state index contributed by atoms with van der Waals surface area (Å²) in [7, 11) is 1.47. The highest BCUT2D eigenvalue weighted by Gasteiger charge is 2.15. The molecule has 1 heterocycles. The van der Waals surface area contributed by atoms with E-state index in [0.29, 0.717) is 15.9 Å². The van der Waals surface area contributed by atoms with Gasteiger partial charge in [-0.1, -0.05) is 0 Å². The molecule has 2 N–H and O–H groups in total. The van der Waals surface area contributed by atoms with E-state index in [0.717, 1.165) is 11.3 Å². The van der Waals surface area contributed by atoms with Gasteiger partial charge in [0.1, 0.15) is 0 Å². The first kappa shape index (κ1) is 16.1. The summed E-state index contributed by atoms with van der Waals surface area (Å²) in [6.07, 6.45) is -2.78. The topological polar surface area (TPSA) is 82.5 Å². The lowest BCUT2D eigenvalue weighted by Gasteiger charge is -2.16. The Morgan fingerprint density at radius 3 is 2.82 bits per heavy atom. The molecule has 0 bridgehead atoms. The number of aromatic nitrogens is 1. The number of carbonyl (C=O) groups excluding carboxylic acids is 1. The van der Waals surface area contributed by atoms with Crippen molar-refractivity contribution in [2.45, 2.75) is 12.8 Å². The van der Waals surface area contributed by atoms with Gasteiger partial charge < -0.3 is 15.3 Å². The lowest BCUT2D eigenvalue weighted by atomic mass is 10.3. The Labute approximate surface area is 128 Å². The second-order valence-electron chi connectivity index (χ2n) is 4.53. The number of carboxylic acid groups (broad SMARTS) is 1. The van der Waals surface area contributed by atoms with E-state index < -0.39 is 18.4 Å². The Kier molecular flexibility index (Phi) is 4.86. The minimum absolute atomic E-state index is 0.0689. The molecule has 2 rings (SSSR count). The molecule has 0 saturated heterocycles. The zero-order chi connectivity index (χ0) is 16.3. The maximum atomic E-state index is 12.6. The van der Waals surface area contributed by atoms with Crippen LogP contribution in [0, 0.1) is 0 Å². The van der Waals surface area contributed by atoms with E-state index in [1.807, 2.05) is 0 Å². The molecule has 0 aliphatic rings. The molecule has 0 atom stereocenters. The van der Waals surface area contributed by atoms with Crippen LogP contribution < -0.4 is 5.32 Å². The molecule has 0 spiro atoms. The Morgan fingerprint density at radius 2 is 2.18 bits per heavy atom. The molecule has 2 aromatic rings. The SMILES string of the molecule is CN(CCC(=O)O)C(=O)Nc1ccc2nc(C(F)F)sc2c1. The summed E-state index contributed by atoms with van der Waals surface area (Å²) in [4.78, 5) is 27.4. The van der Waals surface area contributed by atoms with Crippen LogP contribution in [0.3, 0.4) is 0 Å². The number of thiazole rings is 1. The molecule has 0 aliphatic heterocycles. The summed E-state index contributed by atoms with van der Waals surface area (Å²) < 4.78 is 25.7. The molecule has 0 radical (unpaired) electrons. The Bertz CT molecular complexity index is 705. The van der Waals surface area contributed by atoms with Gasteiger partial charge in [0.15, 0.2) is 5.01 Å². The van der Waals surface area contributed by atoms with Crippen LogP contribution in [0.4, 0.5) is 19.3 Å². The molecule has 2 amide bonds. The number of hydrogen-bond acceptors (Lipinski definition) is 4. The second-order valence-corrected chi connectivity index (χ2v) is 5.59. The third kappa shape index (κ3) is 3.88. The number of aliphatic carboxylic acids is 1. The maximum Gasteiger partial charge on any atom is 0.321 e. The normalized spacial score (nSPS) is 10.9. The second kappa shape index (κ2) is 6.65. The number of halogens is 2. The van der Waals surface area contributed by atoms with Gasteiger partial charge in [0.05, 0.1) is 16.6 Å². The van der Waals surface area contributed by atoms with E-state index in [1.54, 1.807) is 18.2 Å². The Balaban J connectivity index is 2.07. The van der Waals surface area contributed by atoms with Crippen molar-refractivity contribution in [2.24, 2.45) is 0 Å². The molecule has 22 heavy (non-hydrogen) atoms. The first-order chi connectivity index (χ1) is 10.4. The van der Waals surface area contributed by atoms with Crippen LogP contribution in [0.25, 0.3) is 10.2 Å². The van der Waals surface area contributed by atoms with Crippen LogP contribution in [0.15, 0.2) is 18.2 Å². The molecule has 1 aromatic heterocycles. The minimum Gasteiger partial charge on any atom is -0.481 e. The van der Waals surface area contributed by atoms with Gasteiger partial charge in [-0.3, -0.25) is 4.79 Å². The van der Waals surface area contributed by atoms with Crippen LogP contribution in [-0.2, 0) is 4.79 Å². The number of urea groups is 1. The van der Waals surface area contributed by atoms with Crippen molar-refractivity contribution < 1.29 is 23.5 Å². The number of nitrogens with one attached hydrogen (secondary N) is 1. The lowest BCUT2D eigenvalue weighted by Crippen LogP contribution is -2.33. The quantitative estimate of drug-likeness (QED) is 0.882. The van der Waals surface area contributed by atoms with E-state index in [-0.39, 0.29) is 18.0 Å². The molecule has 9 heteroatoms. The molecule has 0 aliphatic carbocycles. The van der Waals surface area contributed by atoms with Gasteiger partial charge in [0.25, 0.3) is 6.43 Å². The van der Waals surface area contributed by atoms with Crippen molar-refractivity contribution >= 4 is 39.2 Å². The van der Waals surface area contributed by atoms with Gasteiger partial charge in [-0.05, 0) is 18.2 Å². The third-order valence-corrected chi connectivity index (χ3v) is 3.88. The molecular weight excluding hydrogens is 316 g/mol. The molecule has 118 valence electrons. The predicted molar refractivity (Wildman–Crippen MR) is 78.5 cm³/mol. The zero-order valence-corrected chi connectivity index (χ0v) is 12.4. The van der Waals surface area contributed by atoms with Gasteiger partial charge >= 0.3 is 12.0 Å². The molecule has 0 unspecified atom stereocenters. The number of hydrogen-bond donors (Lipinski definition) is 2. The van der Waals surface area contributed by atoms with Crippen molar-refractivity contribution in [3.63, 3.8) is 0 Å². The first-order valence-corrected chi connectivity index (χ1v) is 7.11. The van der Waals surface area contributed by atoms with Crippen LogP contribution >= 0.6 is 11.3 Å². The number of amides is 2. The van der Waals surface area contributed by atoms with E-state index >= 15 is 0 Å². The summed E-state index contributed by atoms with van der Waals surface area (Å²) in [5, 5.41) is 10.9. The standard InChI is InChI=1S/C13H13F2N3O3S/c1-18(5-4-10(19)20)13(21)16-7-2-3-8-9(6-7)22-12(17-8)11(14)15/h2-3,6,11H,4-5H2,1H3,(H,16,21)(H,19,20). The van der Waals surface area contributed by atoms with E-state index in [1.165, 1.54) is 11.9 Å². The van der Waals surface area contributed by atoms with Gasteiger partial charge in [-0.25, -0.2) is 18.6 Å². The van der Waals surface area contributed by atoms with Crippen molar-refractivity contribution in [1.82, 2.24) is 9.88 Å². The first-order valence-electron chi connectivity index (χ1n) is 6.29. The number of fused-ring (bicyclic) bond motifs is 1. The van der Waals surface area contributed by atoms with Gasteiger partial charge in [-0.2, -0.15) is 0 Å². The summed E-state index contributed by atoms with van der Waals surface area (Å²) >= 11 is 0.865. The minimum atomic E-state index is -2.63. The van der Waals surface area contributed by atoms with E-state index in [9.17, 15) is 18.4 Å². The number of anilines is 1. The van der Waals surface area contributed by atoms with Crippen LogP contribution in [0.5, 0.6) is 0 Å². The van der Waals surface area contributed by atoms with E-state index in [4.69, 9.17) is 5.11 Å². The highest BCUT2D eigenvalue weighted by Crippen LogP contribution is 2.30. The fraction of sp³-hybridized carbons (Fsp3) is 0.308. The number of alkyl halides is 2. The molecule has 0 fully saturated rings. The number of rotatable bonds is 5. The monoisotopic (exact) mass is 329 g/mol. The molecular formula is C13H13F2N3O3S. The van der Waals surface area contributed by atoms with Gasteiger partial charge in [0.2, 0.25) is 0 Å². The van der Waals surface area contributed by atoms with Crippen LogP contribution in [0.2, 0.25) is 0 Å². The summed E-state index contributed by atoms with van der Waals surface area (Å²) in [6.45, 7) is 0.0689. The zero-order valence-electron chi connectivity index (χ0n) is 11.5. The number of carboxylic acids is 1. The van der Waals surface area contributed by atoms with Gasteiger partial charge in [-0.15, -0.1) is 11.3 Å². The number of nitrogens with zero attached hydrogens (tertiary/aromatic N) is 2. The van der Waals surface area contributed by atoms with Crippen molar-refractivity contribution in [3.05, 3.63) is 23.2 Å². The largest absolute Gasteiger partial charge is 0.481 e. The average Bonchev–Trinajstić information content (AvgIpc) is 2.88. The third-order valence-electron chi connectivity index (χ3n) is 2.85. The fourth-order valence-electron chi connectivity index (χ4n) is 1.70. The fourth-order valence-corrected chi connectivity index (χ4v) is 2.56. The van der Waals surface area contributed by atoms with Crippen molar-refractivity contribution in [1.29, 1.82) is 0 Å². The smallest absolute Gasteiger partial charge is 0.321 e. The summed E-state index contributed by atoms with van der Waals surface area (Å²) in [5.74, 6) is -0.995. The Morgan fingerprint density at radius 1 is 1.45 bits per heavy atom. The van der Waals surface area contributed by atoms with Crippen LogP contribution in [0.1, 0.15) is 17.9 Å². The van der Waals surface area contributed by atoms with E-state index in [2.05, 4.69) is 10.3 Å². The van der Waals surface area contributed by atoms with Crippen LogP contribution in [-0.4, -0.2) is 40.6 Å². The number of carbonyl (C=O) groups is 2. The number of benzene rings is 1. The molecule has 0 saturated carbocycles. The summed E-state index contributed by atoms with van der Waals surface area (Å²) in [6, 6.07) is 4.19. The van der Waals surface area contributed by atoms with Gasteiger partial charge in [0, 0.05) is 19.3 Å². The van der Waals surface area contributed by atoms with Crippen molar-refractivity contribution in [2.75, 3.05) is 18.9 Å². The lowest BCUT2D eigenvalue weighted by molar-refractivity contribution is -0.137. The maximum absolute atomic E-state index is 12.6. The van der Waals surface area contributed by atoms with Crippen molar-refractivity contribution in [3.8, 4) is 0 Å². The highest BCUT2D eigenvalue weighted by molar-refractivity contribution is 7.18. The molecule has 1 aromatic carbocycles. The molecule has 6 nitrogen and oxygen atoms in total. The average molecular weight is 329 g/mol.